The lowest BCUT2D eigenvalue weighted by molar-refractivity contribution is 1.11. The Bertz CT molecular complexity index is 623. The number of hydrogen-bond donors (Lipinski definition) is 2. The largest absolute Gasteiger partial charge is 0.310 e. The molecule has 3 heterocycles. The van der Waals surface area contributed by atoms with E-state index in [9.17, 15) is 0 Å². The Hall–Kier alpha value is -0.770. The molecule has 0 amide bonds. The van der Waals surface area contributed by atoms with Gasteiger partial charge in [-0.2, -0.15) is 0 Å². The van der Waals surface area contributed by atoms with E-state index in [2.05, 4.69) is 38.1 Å². The lowest BCUT2D eigenvalue weighted by Gasteiger charge is -2.14. The van der Waals surface area contributed by atoms with E-state index in [4.69, 9.17) is 0 Å². The minimum Gasteiger partial charge on any atom is -0.310 e. The minimum atomic E-state index is 0.707. The summed E-state index contributed by atoms with van der Waals surface area (Å²) >= 11 is 6.82. The first kappa shape index (κ1) is 15.1. The van der Waals surface area contributed by atoms with Crippen molar-refractivity contribution in [1.29, 1.82) is 0 Å². The molecule has 0 fully saturated rings. The maximum absolute atomic E-state index is 4.63. The Morgan fingerprint density at radius 2 is 1.57 bits per heavy atom. The average Bonchev–Trinajstić information content (AvgIpc) is 3.02. The van der Waals surface area contributed by atoms with Crippen molar-refractivity contribution in [3.63, 3.8) is 0 Å². The summed E-state index contributed by atoms with van der Waals surface area (Å²) in [6.45, 7) is 2.72. The second-order valence-corrected chi connectivity index (χ2v) is 8.44. The van der Waals surface area contributed by atoms with E-state index >= 15 is 0 Å². The lowest BCUT2D eigenvalue weighted by atomic mass is 10.3. The van der Waals surface area contributed by atoms with Crippen molar-refractivity contribution in [2.24, 2.45) is 4.99 Å². The Kier molecular flexibility index (Phi) is 4.72. The molecule has 2 aromatic heterocycles. The molecular formula is C12H15N5S4. The number of aromatic nitrogens is 2. The predicted molar refractivity (Wildman–Crippen MR) is 95.8 cm³/mol. The molecule has 0 unspecified atom stereocenters. The van der Waals surface area contributed by atoms with Crippen molar-refractivity contribution in [2.45, 2.75) is 22.0 Å². The number of rotatable bonds is 3. The van der Waals surface area contributed by atoms with Crippen LogP contribution in [0.5, 0.6) is 0 Å². The molecule has 3 rings (SSSR count). The third-order valence-corrected chi connectivity index (χ3v) is 6.90. The zero-order valence-corrected chi connectivity index (χ0v) is 15.2. The van der Waals surface area contributed by atoms with Crippen LogP contribution in [0.25, 0.3) is 0 Å². The van der Waals surface area contributed by atoms with E-state index in [-0.39, 0.29) is 0 Å². The van der Waals surface area contributed by atoms with Crippen LogP contribution in [0, 0.1) is 0 Å². The van der Waals surface area contributed by atoms with Crippen molar-refractivity contribution in [2.75, 3.05) is 29.7 Å². The monoisotopic (exact) mass is 357 g/mol. The molecule has 0 atom stereocenters. The molecular weight excluding hydrogens is 342 g/mol. The van der Waals surface area contributed by atoms with Crippen LogP contribution in [-0.2, 0) is 6.42 Å². The number of nitrogens with zero attached hydrogens (tertiary/aromatic N) is 3. The summed E-state index contributed by atoms with van der Waals surface area (Å²) in [4.78, 5) is 16.2. The Balaban J connectivity index is 2.06. The molecule has 1 aliphatic rings. The average molecular weight is 358 g/mol. The van der Waals surface area contributed by atoms with Crippen molar-refractivity contribution in [3.05, 3.63) is 9.75 Å². The summed E-state index contributed by atoms with van der Waals surface area (Å²) in [5.74, 6) is 2.54. The number of fused-ring (bicyclic) bond motifs is 2. The summed E-state index contributed by atoms with van der Waals surface area (Å²) in [6, 6.07) is 0. The quantitative estimate of drug-likeness (QED) is 0.814. The molecule has 2 aromatic rings. The highest BCUT2D eigenvalue weighted by atomic mass is 32.2. The van der Waals surface area contributed by atoms with Gasteiger partial charge in [0.2, 0.25) is 5.96 Å². The van der Waals surface area contributed by atoms with Crippen molar-refractivity contribution in [3.8, 4) is 0 Å². The molecule has 0 saturated heterocycles. The second-order valence-electron chi connectivity index (χ2n) is 4.16. The number of hydrogen-bond acceptors (Lipinski definition) is 7. The van der Waals surface area contributed by atoms with E-state index in [1.165, 1.54) is 9.75 Å². The van der Waals surface area contributed by atoms with Gasteiger partial charge in [0, 0.05) is 13.0 Å². The Morgan fingerprint density at radius 3 is 2.00 bits per heavy atom. The highest BCUT2D eigenvalue weighted by Gasteiger charge is 2.21. The topological polar surface area (TPSA) is 62.2 Å². The molecule has 0 aliphatic carbocycles. The number of aliphatic imine (C=N–C) groups is 1. The Morgan fingerprint density at radius 1 is 1.05 bits per heavy atom. The van der Waals surface area contributed by atoms with Gasteiger partial charge in [0.1, 0.15) is 11.6 Å². The molecule has 9 heteroatoms. The van der Waals surface area contributed by atoms with Crippen molar-refractivity contribution in [1.82, 2.24) is 9.97 Å². The normalized spacial score (nSPS) is 13.6. The van der Waals surface area contributed by atoms with E-state index < -0.39 is 0 Å². The van der Waals surface area contributed by atoms with Gasteiger partial charge in [-0.3, -0.25) is 4.99 Å². The van der Waals surface area contributed by atoms with Gasteiger partial charge in [-0.1, -0.05) is 23.5 Å². The number of nitrogens with one attached hydrogen (secondary N) is 2. The first-order valence-corrected chi connectivity index (χ1v) is 10.5. The maximum Gasteiger partial charge on any atom is 0.202 e. The first-order valence-electron chi connectivity index (χ1n) is 6.39. The third-order valence-electron chi connectivity index (χ3n) is 2.82. The van der Waals surface area contributed by atoms with Gasteiger partial charge in [-0.05, 0) is 19.4 Å². The predicted octanol–water partition coefficient (Wildman–Crippen LogP) is 3.85. The molecule has 5 nitrogen and oxygen atoms in total. The number of anilines is 2. The summed E-state index contributed by atoms with van der Waals surface area (Å²) in [7, 11) is 0. The van der Waals surface area contributed by atoms with Gasteiger partial charge in [0.05, 0.1) is 9.75 Å². The molecule has 0 radical (unpaired) electrons. The van der Waals surface area contributed by atoms with E-state index in [0.29, 0.717) is 6.54 Å². The first-order chi connectivity index (χ1) is 10.2. The zero-order chi connectivity index (χ0) is 14.8. The standard InChI is InChI=1S/C12H15N5S4/c1-4-13-10-14-8-6(20-11(16-8)18-2)5-7-9(15-10)17-12(19-3)21-7/h4-5H2,1-3H3,(H2,13,14,15). The molecule has 112 valence electrons. The fourth-order valence-corrected chi connectivity index (χ4v) is 5.15. The maximum atomic E-state index is 4.63. The minimum absolute atomic E-state index is 0.707. The number of thioether (sulfide) groups is 2. The SMILES string of the molecule is CCN=C1Nc2nc(SC)sc2Cc2sc(SC)nc2N1. The fraction of sp³-hybridized carbons (Fsp3) is 0.417. The van der Waals surface area contributed by atoms with Gasteiger partial charge < -0.3 is 10.6 Å². The van der Waals surface area contributed by atoms with Gasteiger partial charge in [-0.25, -0.2) is 9.97 Å². The molecule has 1 aliphatic heterocycles. The number of thiazole rings is 2. The van der Waals surface area contributed by atoms with Gasteiger partial charge >= 0.3 is 0 Å². The van der Waals surface area contributed by atoms with Crippen LogP contribution in [0.3, 0.4) is 0 Å². The number of guanidine groups is 1. The lowest BCUT2D eigenvalue weighted by Crippen LogP contribution is -2.25. The summed E-state index contributed by atoms with van der Waals surface area (Å²) in [5.41, 5.74) is 0. The van der Waals surface area contributed by atoms with Gasteiger partial charge in [-0.15, -0.1) is 22.7 Å². The molecule has 0 spiro atoms. The van der Waals surface area contributed by atoms with Gasteiger partial charge in [0.25, 0.3) is 0 Å². The van der Waals surface area contributed by atoms with Crippen molar-refractivity contribution < 1.29 is 0 Å². The van der Waals surface area contributed by atoms with Crippen LogP contribution in [0.1, 0.15) is 16.7 Å². The van der Waals surface area contributed by atoms with E-state index in [1.807, 2.05) is 6.92 Å². The van der Waals surface area contributed by atoms with Crippen LogP contribution in [-0.4, -0.2) is 35.0 Å². The van der Waals surface area contributed by atoms with E-state index in [0.717, 1.165) is 32.7 Å². The smallest absolute Gasteiger partial charge is 0.202 e. The summed E-state index contributed by atoms with van der Waals surface area (Å²) in [6.07, 6.45) is 4.96. The summed E-state index contributed by atoms with van der Waals surface area (Å²) in [5, 5.41) is 6.61. The van der Waals surface area contributed by atoms with Crippen LogP contribution in [0.4, 0.5) is 11.6 Å². The highest BCUT2D eigenvalue weighted by Crippen LogP contribution is 2.37. The summed E-state index contributed by atoms with van der Waals surface area (Å²) < 4.78 is 2.14. The molecule has 0 bridgehead atoms. The van der Waals surface area contributed by atoms with Gasteiger partial charge in [0.15, 0.2) is 8.68 Å². The third kappa shape index (κ3) is 3.20. The van der Waals surface area contributed by atoms with Crippen LogP contribution < -0.4 is 10.6 Å². The highest BCUT2D eigenvalue weighted by molar-refractivity contribution is 8.00. The van der Waals surface area contributed by atoms with E-state index in [1.54, 1.807) is 46.2 Å². The molecule has 0 aromatic carbocycles. The van der Waals surface area contributed by atoms with Crippen LogP contribution >= 0.6 is 46.2 Å². The molecule has 0 saturated carbocycles. The van der Waals surface area contributed by atoms with Crippen LogP contribution in [0.2, 0.25) is 0 Å². The Labute approximate surface area is 140 Å². The van der Waals surface area contributed by atoms with Crippen molar-refractivity contribution >= 4 is 63.8 Å². The second kappa shape index (κ2) is 6.55. The molecule has 2 N–H and O–H groups in total. The zero-order valence-electron chi connectivity index (χ0n) is 11.9. The van der Waals surface area contributed by atoms with Crippen LogP contribution in [0.15, 0.2) is 13.7 Å². The fourth-order valence-electron chi connectivity index (χ4n) is 1.91. The molecule has 21 heavy (non-hydrogen) atoms.